The highest BCUT2D eigenvalue weighted by atomic mass is 79.9. The number of likely N-dealkylation sites (tertiary alicyclic amines) is 1. The molecule has 1 saturated heterocycles. The molecule has 3 nitrogen and oxygen atoms in total. The lowest BCUT2D eigenvalue weighted by molar-refractivity contribution is 0.220. The van der Waals surface area contributed by atoms with Crippen LogP contribution in [0, 0.1) is 0 Å². The molecule has 0 spiro atoms. The smallest absolute Gasteiger partial charge is 0.165 e. The van der Waals surface area contributed by atoms with E-state index in [4.69, 9.17) is 11.6 Å². The van der Waals surface area contributed by atoms with Gasteiger partial charge in [-0.2, -0.15) is 5.10 Å². The van der Waals surface area contributed by atoms with Gasteiger partial charge in [-0.15, -0.1) is 5.10 Å². The predicted molar refractivity (Wildman–Crippen MR) is 68.8 cm³/mol. The van der Waals surface area contributed by atoms with Gasteiger partial charge in [-0.3, -0.25) is 0 Å². The Labute approximate surface area is 109 Å². The Hall–Kier alpha value is -0.190. The van der Waals surface area contributed by atoms with Crippen molar-refractivity contribution in [2.45, 2.75) is 25.7 Å². The quantitative estimate of drug-likeness (QED) is 0.841. The summed E-state index contributed by atoms with van der Waals surface area (Å²) in [4.78, 5) is 2.47. The molecular formula is C11H15BrClN3. The molecule has 1 aliphatic rings. The molecule has 0 unspecified atom stereocenters. The van der Waals surface area contributed by atoms with Crippen molar-refractivity contribution in [2.75, 3.05) is 19.6 Å². The van der Waals surface area contributed by atoms with Crippen LogP contribution in [-0.2, 0) is 0 Å². The van der Waals surface area contributed by atoms with Crippen molar-refractivity contribution in [1.82, 2.24) is 15.1 Å². The largest absolute Gasteiger partial charge is 0.304 e. The summed E-state index contributed by atoms with van der Waals surface area (Å²) in [5, 5.41) is 8.57. The van der Waals surface area contributed by atoms with Gasteiger partial charge in [-0.1, -0.05) is 18.5 Å². The van der Waals surface area contributed by atoms with Crippen LogP contribution < -0.4 is 0 Å². The van der Waals surface area contributed by atoms with Gasteiger partial charge in [-0.05, 0) is 54.5 Å². The molecule has 1 aromatic rings. The van der Waals surface area contributed by atoms with Crippen LogP contribution in [-0.4, -0.2) is 34.7 Å². The summed E-state index contributed by atoms with van der Waals surface area (Å²) in [6.07, 6.45) is 2.33. The summed E-state index contributed by atoms with van der Waals surface area (Å²) in [6.45, 7) is 5.66. The van der Waals surface area contributed by atoms with Gasteiger partial charge in [0.15, 0.2) is 5.15 Å². The Morgan fingerprint density at radius 1 is 1.44 bits per heavy atom. The highest BCUT2D eigenvalue weighted by Gasteiger charge is 2.21. The van der Waals surface area contributed by atoms with Crippen molar-refractivity contribution in [2.24, 2.45) is 0 Å². The fourth-order valence-electron chi connectivity index (χ4n) is 2.11. The molecule has 0 saturated carbocycles. The van der Waals surface area contributed by atoms with E-state index in [1.54, 1.807) is 0 Å². The number of halogens is 2. The SMILES string of the molecule is CCN1CCC(c2cc(Br)c(Cl)nn2)CC1. The molecule has 1 aliphatic heterocycles. The first-order valence-electron chi connectivity index (χ1n) is 5.61. The molecular weight excluding hydrogens is 289 g/mol. The lowest BCUT2D eigenvalue weighted by atomic mass is 9.93. The number of rotatable bonds is 2. The van der Waals surface area contributed by atoms with E-state index in [1.165, 1.54) is 0 Å². The van der Waals surface area contributed by atoms with Crippen LogP contribution >= 0.6 is 27.5 Å². The number of nitrogens with zero attached hydrogens (tertiary/aromatic N) is 3. The molecule has 2 heterocycles. The van der Waals surface area contributed by atoms with Crippen molar-refractivity contribution in [3.05, 3.63) is 21.4 Å². The number of aromatic nitrogens is 2. The Kier molecular flexibility index (Phi) is 4.16. The third-order valence-corrected chi connectivity index (χ3v) is 4.29. The Balaban J connectivity index is 2.05. The highest BCUT2D eigenvalue weighted by molar-refractivity contribution is 9.10. The van der Waals surface area contributed by atoms with E-state index in [2.05, 4.69) is 38.0 Å². The van der Waals surface area contributed by atoms with Crippen molar-refractivity contribution in [3.8, 4) is 0 Å². The van der Waals surface area contributed by atoms with Gasteiger partial charge in [0.25, 0.3) is 0 Å². The standard InChI is InChI=1S/C11H15BrClN3/c1-2-16-5-3-8(4-6-16)10-7-9(12)11(13)15-14-10/h7-8H,2-6H2,1H3. The van der Waals surface area contributed by atoms with Crippen molar-refractivity contribution in [1.29, 1.82) is 0 Å². The van der Waals surface area contributed by atoms with Gasteiger partial charge >= 0.3 is 0 Å². The summed E-state index contributed by atoms with van der Waals surface area (Å²) in [5.74, 6) is 0.531. The van der Waals surface area contributed by atoms with E-state index in [9.17, 15) is 0 Å². The molecule has 0 amide bonds. The summed E-state index contributed by atoms with van der Waals surface area (Å²) in [7, 11) is 0. The molecule has 0 aliphatic carbocycles. The average molecular weight is 305 g/mol. The topological polar surface area (TPSA) is 29.0 Å². The third kappa shape index (κ3) is 2.73. The zero-order valence-corrected chi connectivity index (χ0v) is 11.6. The summed E-state index contributed by atoms with van der Waals surface area (Å²) in [5.41, 5.74) is 1.06. The normalized spacial score (nSPS) is 18.9. The maximum atomic E-state index is 5.84. The van der Waals surface area contributed by atoms with Gasteiger partial charge in [0.05, 0.1) is 10.2 Å². The first kappa shape index (κ1) is 12.3. The second-order valence-corrected chi connectivity index (χ2v) is 5.33. The van der Waals surface area contributed by atoms with Crippen LogP contribution in [0.25, 0.3) is 0 Å². The molecule has 0 radical (unpaired) electrons. The van der Waals surface area contributed by atoms with Crippen molar-refractivity contribution < 1.29 is 0 Å². The van der Waals surface area contributed by atoms with E-state index < -0.39 is 0 Å². The van der Waals surface area contributed by atoms with Gasteiger partial charge in [0, 0.05) is 5.92 Å². The van der Waals surface area contributed by atoms with Gasteiger partial charge in [0.2, 0.25) is 0 Å². The van der Waals surface area contributed by atoms with Crippen molar-refractivity contribution >= 4 is 27.5 Å². The van der Waals surface area contributed by atoms with E-state index in [0.29, 0.717) is 11.1 Å². The van der Waals surface area contributed by atoms with Crippen LogP contribution in [0.3, 0.4) is 0 Å². The van der Waals surface area contributed by atoms with Crippen LogP contribution in [0.4, 0.5) is 0 Å². The summed E-state index contributed by atoms with van der Waals surface area (Å²) in [6, 6.07) is 2.00. The minimum atomic E-state index is 0.440. The van der Waals surface area contributed by atoms with E-state index in [1.807, 2.05) is 6.07 Å². The molecule has 0 bridgehead atoms. The molecule has 88 valence electrons. The van der Waals surface area contributed by atoms with Crippen LogP contribution in [0.15, 0.2) is 10.5 Å². The fraction of sp³-hybridized carbons (Fsp3) is 0.636. The van der Waals surface area contributed by atoms with Crippen molar-refractivity contribution in [3.63, 3.8) is 0 Å². The van der Waals surface area contributed by atoms with E-state index >= 15 is 0 Å². The minimum absolute atomic E-state index is 0.440. The maximum Gasteiger partial charge on any atom is 0.165 e. The number of hydrogen-bond donors (Lipinski definition) is 0. The fourth-order valence-corrected chi connectivity index (χ4v) is 2.52. The predicted octanol–water partition coefficient (Wildman–Crippen LogP) is 3.09. The Bertz CT molecular complexity index is 364. The number of piperidine rings is 1. The molecule has 5 heteroatoms. The van der Waals surface area contributed by atoms with Crippen LogP contribution in [0.2, 0.25) is 5.15 Å². The average Bonchev–Trinajstić information content (AvgIpc) is 2.33. The maximum absolute atomic E-state index is 5.84. The molecule has 0 N–H and O–H groups in total. The molecule has 1 aromatic heterocycles. The number of hydrogen-bond acceptors (Lipinski definition) is 3. The highest BCUT2D eigenvalue weighted by Crippen LogP contribution is 2.29. The van der Waals surface area contributed by atoms with Gasteiger partial charge in [0.1, 0.15) is 0 Å². The second-order valence-electron chi connectivity index (χ2n) is 4.12. The first-order valence-corrected chi connectivity index (χ1v) is 6.78. The second kappa shape index (κ2) is 5.43. The first-order chi connectivity index (χ1) is 7.70. The monoisotopic (exact) mass is 303 g/mol. The Morgan fingerprint density at radius 2 is 2.12 bits per heavy atom. The van der Waals surface area contributed by atoms with Crippen LogP contribution in [0.1, 0.15) is 31.4 Å². The van der Waals surface area contributed by atoms with Gasteiger partial charge in [-0.25, -0.2) is 0 Å². The molecule has 16 heavy (non-hydrogen) atoms. The molecule has 2 rings (SSSR count). The third-order valence-electron chi connectivity index (χ3n) is 3.18. The molecule has 0 aromatic carbocycles. The van der Waals surface area contributed by atoms with E-state index in [0.717, 1.165) is 42.6 Å². The van der Waals surface area contributed by atoms with Crippen LogP contribution in [0.5, 0.6) is 0 Å². The zero-order chi connectivity index (χ0) is 11.5. The molecule has 0 atom stereocenters. The summed E-state index contributed by atoms with van der Waals surface area (Å²) < 4.78 is 0.845. The lowest BCUT2D eigenvalue weighted by Crippen LogP contribution is -2.32. The zero-order valence-electron chi connectivity index (χ0n) is 9.29. The lowest BCUT2D eigenvalue weighted by Gasteiger charge is -2.30. The summed E-state index contributed by atoms with van der Waals surface area (Å²) >= 11 is 9.23. The van der Waals surface area contributed by atoms with Gasteiger partial charge < -0.3 is 4.90 Å². The minimum Gasteiger partial charge on any atom is -0.304 e. The Morgan fingerprint density at radius 3 is 2.69 bits per heavy atom. The molecule has 1 fully saturated rings. The van der Waals surface area contributed by atoms with E-state index in [-0.39, 0.29) is 0 Å².